The second kappa shape index (κ2) is 4.91. The third kappa shape index (κ3) is 3.30. The minimum Gasteiger partial charge on any atom is -0.318 e. The van der Waals surface area contributed by atoms with Crippen molar-refractivity contribution in [3.05, 3.63) is 34.3 Å². The largest absolute Gasteiger partial charge is 0.331 e. The highest BCUT2D eigenvalue weighted by Gasteiger charge is 1.98. The first-order chi connectivity index (χ1) is 6.59. The summed E-state index contributed by atoms with van der Waals surface area (Å²) in [5.41, 5.74) is 1.60. The van der Waals surface area contributed by atoms with Gasteiger partial charge in [0.2, 0.25) is 0 Å². The molecule has 0 saturated heterocycles. The maximum atomic E-state index is 10.5. The van der Waals surface area contributed by atoms with Crippen LogP contribution in [0.5, 0.6) is 0 Å². The predicted octanol–water partition coefficient (Wildman–Crippen LogP) is 2.74. The van der Waals surface area contributed by atoms with Gasteiger partial charge >= 0.3 is 5.97 Å². The molecule has 4 heteroatoms. The van der Waals surface area contributed by atoms with Gasteiger partial charge < -0.3 is 4.84 Å². The number of hydrogen-bond acceptors (Lipinski definition) is 3. The second-order valence-electron chi connectivity index (χ2n) is 2.77. The Kier molecular flexibility index (Phi) is 3.83. The normalized spacial score (nSPS) is 11.2. The summed E-state index contributed by atoms with van der Waals surface area (Å²) >= 11 is 3.33. The molecule has 0 atom stereocenters. The first-order valence-corrected chi connectivity index (χ1v) is 4.87. The molecule has 14 heavy (non-hydrogen) atoms. The van der Waals surface area contributed by atoms with Gasteiger partial charge in [0.1, 0.15) is 0 Å². The number of rotatable bonds is 2. The Labute approximate surface area is 90.9 Å². The molecule has 0 aliphatic heterocycles. The lowest BCUT2D eigenvalue weighted by atomic mass is 10.1. The van der Waals surface area contributed by atoms with Crippen molar-refractivity contribution in [1.29, 1.82) is 0 Å². The third-order valence-corrected chi connectivity index (χ3v) is 2.10. The van der Waals surface area contributed by atoms with E-state index in [-0.39, 0.29) is 0 Å². The lowest BCUT2D eigenvalue weighted by Crippen LogP contribution is -1.98. The fraction of sp³-hybridized carbons (Fsp3) is 0.200. The molecule has 1 aromatic carbocycles. The number of carbonyl (C=O) groups is 1. The molecule has 74 valence electrons. The number of halogens is 1. The van der Waals surface area contributed by atoms with Crippen molar-refractivity contribution in [3.8, 4) is 0 Å². The van der Waals surface area contributed by atoms with Gasteiger partial charge in [0.25, 0.3) is 0 Å². The zero-order chi connectivity index (χ0) is 10.6. The lowest BCUT2D eigenvalue weighted by Gasteiger charge is -1.99. The van der Waals surface area contributed by atoms with Crippen LogP contribution in [0.3, 0.4) is 0 Å². The fourth-order valence-electron chi connectivity index (χ4n) is 0.877. The Morgan fingerprint density at radius 2 is 1.86 bits per heavy atom. The predicted molar refractivity (Wildman–Crippen MR) is 58.1 cm³/mol. The number of nitrogens with zero attached hydrogens (tertiary/aromatic N) is 1. The summed E-state index contributed by atoms with van der Waals surface area (Å²) in [7, 11) is 0. The van der Waals surface area contributed by atoms with Gasteiger partial charge in [-0.2, -0.15) is 0 Å². The SMILES string of the molecule is CC(=O)O/N=C(/C)c1ccc(Br)cc1. The first kappa shape index (κ1) is 10.9. The smallest absolute Gasteiger partial charge is 0.318 e. The highest BCUT2D eigenvalue weighted by Crippen LogP contribution is 2.11. The summed E-state index contributed by atoms with van der Waals surface area (Å²) < 4.78 is 1.00. The molecular weight excluding hydrogens is 246 g/mol. The summed E-state index contributed by atoms with van der Waals surface area (Å²) in [6, 6.07) is 7.60. The summed E-state index contributed by atoms with van der Waals surface area (Å²) in [5, 5.41) is 3.68. The number of hydrogen-bond donors (Lipinski definition) is 0. The van der Waals surface area contributed by atoms with Crippen LogP contribution in [0, 0.1) is 0 Å². The molecule has 0 amide bonds. The Bertz CT molecular complexity index is 357. The monoisotopic (exact) mass is 255 g/mol. The third-order valence-electron chi connectivity index (χ3n) is 1.57. The summed E-state index contributed by atoms with van der Waals surface area (Å²) in [6.07, 6.45) is 0. The molecule has 0 spiro atoms. The van der Waals surface area contributed by atoms with E-state index in [0.29, 0.717) is 5.71 Å². The van der Waals surface area contributed by atoms with E-state index < -0.39 is 5.97 Å². The molecule has 0 fully saturated rings. The zero-order valence-electron chi connectivity index (χ0n) is 7.95. The van der Waals surface area contributed by atoms with E-state index in [1.807, 2.05) is 24.3 Å². The maximum absolute atomic E-state index is 10.5. The van der Waals surface area contributed by atoms with Gasteiger partial charge in [-0.1, -0.05) is 33.2 Å². The minimum atomic E-state index is -0.415. The van der Waals surface area contributed by atoms with Crippen molar-refractivity contribution in [3.63, 3.8) is 0 Å². The molecule has 0 aliphatic rings. The van der Waals surface area contributed by atoms with E-state index >= 15 is 0 Å². The molecule has 0 unspecified atom stereocenters. The van der Waals surface area contributed by atoms with Crippen LogP contribution < -0.4 is 0 Å². The van der Waals surface area contributed by atoms with E-state index in [4.69, 9.17) is 0 Å². The molecule has 0 aromatic heterocycles. The number of carbonyl (C=O) groups excluding carboxylic acids is 1. The molecule has 0 bridgehead atoms. The average molecular weight is 256 g/mol. The molecule has 1 aromatic rings. The summed E-state index contributed by atoms with van der Waals surface area (Å²) in [5.74, 6) is -0.415. The van der Waals surface area contributed by atoms with Gasteiger partial charge in [0.05, 0.1) is 5.71 Å². The Morgan fingerprint density at radius 1 is 1.29 bits per heavy atom. The average Bonchev–Trinajstić information content (AvgIpc) is 2.15. The van der Waals surface area contributed by atoms with Gasteiger partial charge in [-0.3, -0.25) is 0 Å². The van der Waals surface area contributed by atoms with Crippen LogP contribution in [0.4, 0.5) is 0 Å². The lowest BCUT2D eigenvalue weighted by molar-refractivity contribution is -0.140. The van der Waals surface area contributed by atoms with Crippen molar-refractivity contribution < 1.29 is 9.63 Å². The highest BCUT2D eigenvalue weighted by atomic mass is 79.9. The fourth-order valence-corrected chi connectivity index (χ4v) is 1.14. The van der Waals surface area contributed by atoms with E-state index in [1.54, 1.807) is 6.92 Å². The second-order valence-corrected chi connectivity index (χ2v) is 3.68. The Hall–Kier alpha value is -1.16. The summed E-state index contributed by atoms with van der Waals surface area (Å²) in [6.45, 7) is 3.10. The van der Waals surface area contributed by atoms with Crippen molar-refractivity contribution >= 4 is 27.6 Å². The molecule has 0 N–H and O–H groups in total. The van der Waals surface area contributed by atoms with Crippen molar-refractivity contribution in [1.82, 2.24) is 0 Å². The van der Waals surface area contributed by atoms with Crippen LogP contribution >= 0.6 is 15.9 Å². The number of oxime groups is 1. The molecule has 1 rings (SSSR count). The van der Waals surface area contributed by atoms with Crippen LogP contribution in [0.2, 0.25) is 0 Å². The standard InChI is InChI=1S/C10H10BrNO2/c1-7(12-14-8(2)13)9-3-5-10(11)6-4-9/h3-6H,1-2H3/b12-7-. The number of benzene rings is 1. The molecule has 0 radical (unpaired) electrons. The van der Waals surface area contributed by atoms with Gasteiger partial charge in [-0.15, -0.1) is 0 Å². The van der Waals surface area contributed by atoms with Gasteiger partial charge in [0, 0.05) is 11.4 Å². The van der Waals surface area contributed by atoms with Crippen LogP contribution in [0.25, 0.3) is 0 Å². The summed E-state index contributed by atoms with van der Waals surface area (Å²) in [4.78, 5) is 15.0. The minimum absolute atomic E-state index is 0.415. The molecular formula is C10H10BrNO2. The van der Waals surface area contributed by atoms with Crippen molar-refractivity contribution in [2.24, 2.45) is 5.16 Å². The van der Waals surface area contributed by atoms with Crippen molar-refractivity contribution in [2.75, 3.05) is 0 Å². The Morgan fingerprint density at radius 3 is 2.36 bits per heavy atom. The van der Waals surface area contributed by atoms with Crippen molar-refractivity contribution in [2.45, 2.75) is 13.8 Å². The molecule has 3 nitrogen and oxygen atoms in total. The van der Waals surface area contributed by atoms with Gasteiger partial charge in [-0.05, 0) is 24.6 Å². The Balaban J connectivity index is 2.78. The van der Waals surface area contributed by atoms with Gasteiger partial charge in [-0.25, -0.2) is 4.79 Å². The molecule has 0 aliphatic carbocycles. The zero-order valence-corrected chi connectivity index (χ0v) is 9.54. The van der Waals surface area contributed by atoms with Crippen LogP contribution in [0.1, 0.15) is 19.4 Å². The molecule has 0 heterocycles. The quantitative estimate of drug-likeness (QED) is 0.463. The maximum Gasteiger partial charge on any atom is 0.331 e. The van der Waals surface area contributed by atoms with Gasteiger partial charge in [0.15, 0.2) is 0 Å². The molecule has 0 saturated carbocycles. The van der Waals surface area contributed by atoms with E-state index in [1.165, 1.54) is 6.92 Å². The highest BCUT2D eigenvalue weighted by molar-refractivity contribution is 9.10. The van der Waals surface area contributed by atoms with E-state index in [2.05, 4.69) is 25.9 Å². The van der Waals surface area contributed by atoms with Crippen LogP contribution in [-0.4, -0.2) is 11.7 Å². The van der Waals surface area contributed by atoms with Crippen LogP contribution in [-0.2, 0) is 9.63 Å². The van der Waals surface area contributed by atoms with E-state index in [9.17, 15) is 4.79 Å². The van der Waals surface area contributed by atoms with Crippen LogP contribution in [0.15, 0.2) is 33.9 Å². The topological polar surface area (TPSA) is 38.7 Å². The van der Waals surface area contributed by atoms with E-state index in [0.717, 1.165) is 10.0 Å². The first-order valence-electron chi connectivity index (χ1n) is 4.07.